The Balaban J connectivity index is 1.76. The van der Waals surface area contributed by atoms with Crippen molar-refractivity contribution in [3.63, 3.8) is 0 Å². The van der Waals surface area contributed by atoms with Crippen LogP contribution in [0.1, 0.15) is 30.5 Å². The molecule has 0 fully saturated rings. The Morgan fingerprint density at radius 2 is 1.93 bits per heavy atom. The molecule has 0 bridgehead atoms. The van der Waals surface area contributed by atoms with Gasteiger partial charge >= 0.3 is 0 Å². The van der Waals surface area contributed by atoms with Crippen molar-refractivity contribution in [2.24, 2.45) is 5.10 Å². The van der Waals surface area contributed by atoms with Crippen molar-refractivity contribution < 1.29 is 14.3 Å². The number of rotatable bonds is 4. The Bertz CT molecular complexity index is 1130. The quantitative estimate of drug-likeness (QED) is 0.590. The molecule has 0 N–H and O–H groups in total. The van der Waals surface area contributed by atoms with Gasteiger partial charge < -0.3 is 9.47 Å². The number of amides is 1. The highest BCUT2D eigenvalue weighted by atomic mass is 35.5. The third-order valence-corrected chi connectivity index (χ3v) is 5.31. The van der Waals surface area contributed by atoms with E-state index in [4.69, 9.17) is 21.1 Å². The van der Waals surface area contributed by atoms with E-state index in [1.165, 1.54) is 11.9 Å². The van der Waals surface area contributed by atoms with E-state index in [1.54, 1.807) is 14.2 Å². The topological polar surface area (TPSA) is 64.0 Å². The highest BCUT2D eigenvalue weighted by Crippen LogP contribution is 2.38. The number of hydrogen-bond donors (Lipinski definition) is 0. The van der Waals surface area contributed by atoms with Crippen molar-refractivity contribution in [3.05, 3.63) is 64.8 Å². The predicted molar refractivity (Wildman–Crippen MR) is 113 cm³/mol. The molecule has 0 spiro atoms. The summed E-state index contributed by atoms with van der Waals surface area (Å²) in [5.74, 6) is 1.23. The molecule has 6 nitrogen and oxygen atoms in total. The predicted octanol–water partition coefficient (Wildman–Crippen LogP) is 4.60. The number of aromatic nitrogens is 1. The van der Waals surface area contributed by atoms with E-state index in [2.05, 4.69) is 10.1 Å². The van der Waals surface area contributed by atoms with Gasteiger partial charge in [0.15, 0.2) is 0 Å². The Kier molecular flexibility index (Phi) is 5.11. The van der Waals surface area contributed by atoms with Gasteiger partial charge in [-0.25, -0.2) is 9.99 Å². The van der Waals surface area contributed by atoms with Gasteiger partial charge in [0.2, 0.25) is 5.91 Å². The number of para-hydroxylation sites is 1. The molecular formula is C22H20ClN3O3. The number of pyridine rings is 1. The fourth-order valence-corrected chi connectivity index (χ4v) is 3.85. The molecule has 1 atom stereocenters. The molecule has 0 radical (unpaired) electrons. The molecular weight excluding hydrogens is 390 g/mol. The van der Waals surface area contributed by atoms with Crippen LogP contribution in [0.25, 0.3) is 10.9 Å². The summed E-state index contributed by atoms with van der Waals surface area (Å²) >= 11 is 6.55. The smallest absolute Gasteiger partial charge is 0.240 e. The van der Waals surface area contributed by atoms with Gasteiger partial charge in [-0.05, 0) is 24.3 Å². The van der Waals surface area contributed by atoms with Gasteiger partial charge in [0, 0.05) is 29.9 Å². The SMILES string of the molecule is COc1cccc(C2=NN(C(C)=O)[C@H](c3cc4cccc(OC)c4nc3Cl)C2)c1. The number of benzene rings is 2. The second-order valence-electron chi connectivity index (χ2n) is 6.76. The van der Waals surface area contributed by atoms with Crippen LogP contribution in [0, 0.1) is 0 Å². The van der Waals surface area contributed by atoms with Crippen LogP contribution in [-0.4, -0.2) is 35.8 Å². The van der Waals surface area contributed by atoms with Gasteiger partial charge in [0.25, 0.3) is 0 Å². The molecule has 7 heteroatoms. The molecule has 3 aromatic rings. The Morgan fingerprint density at radius 1 is 1.14 bits per heavy atom. The molecule has 148 valence electrons. The molecule has 1 amide bonds. The fourth-order valence-electron chi connectivity index (χ4n) is 3.58. The van der Waals surface area contributed by atoms with Gasteiger partial charge in [-0.2, -0.15) is 5.10 Å². The van der Waals surface area contributed by atoms with Crippen LogP contribution in [0.15, 0.2) is 53.6 Å². The molecule has 2 heterocycles. The normalized spacial score (nSPS) is 16.1. The van der Waals surface area contributed by atoms with E-state index in [0.717, 1.165) is 28.0 Å². The van der Waals surface area contributed by atoms with Gasteiger partial charge in [0.1, 0.15) is 22.2 Å². The van der Waals surface area contributed by atoms with E-state index < -0.39 is 0 Å². The summed E-state index contributed by atoms with van der Waals surface area (Å²) in [7, 11) is 3.22. The van der Waals surface area contributed by atoms with Gasteiger partial charge in [-0.15, -0.1) is 0 Å². The molecule has 0 saturated heterocycles. The molecule has 29 heavy (non-hydrogen) atoms. The van der Waals surface area contributed by atoms with Crippen LogP contribution in [0.3, 0.4) is 0 Å². The first-order chi connectivity index (χ1) is 14.0. The zero-order chi connectivity index (χ0) is 20.5. The third-order valence-electron chi connectivity index (χ3n) is 5.00. The second-order valence-corrected chi connectivity index (χ2v) is 7.12. The molecule has 1 aliphatic heterocycles. The van der Waals surface area contributed by atoms with Crippen LogP contribution in [0.4, 0.5) is 0 Å². The number of fused-ring (bicyclic) bond motifs is 1. The zero-order valence-corrected chi connectivity index (χ0v) is 17.1. The Morgan fingerprint density at radius 3 is 2.66 bits per heavy atom. The minimum atomic E-state index is -0.329. The highest BCUT2D eigenvalue weighted by Gasteiger charge is 2.33. The van der Waals surface area contributed by atoms with Crippen LogP contribution in [-0.2, 0) is 4.79 Å². The minimum Gasteiger partial charge on any atom is -0.497 e. The van der Waals surface area contributed by atoms with Crippen molar-refractivity contribution >= 4 is 34.1 Å². The van der Waals surface area contributed by atoms with Crippen LogP contribution in [0.5, 0.6) is 11.5 Å². The number of nitrogens with zero attached hydrogens (tertiary/aromatic N) is 3. The van der Waals surface area contributed by atoms with Crippen LogP contribution in [0.2, 0.25) is 5.15 Å². The largest absolute Gasteiger partial charge is 0.497 e. The first kappa shape index (κ1) is 19.2. The van der Waals surface area contributed by atoms with Crippen molar-refractivity contribution in [3.8, 4) is 11.5 Å². The summed E-state index contributed by atoms with van der Waals surface area (Å²) in [4.78, 5) is 16.9. The number of carbonyl (C=O) groups excluding carboxylic acids is 1. The molecule has 0 saturated carbocycles. The number of ether oxygens (including phenoxy) is 2. The van der Waals surface area contributed by atoms with E-state index in [0.29, 0.717) is 22.8 Å². The lowest BCUT2D eigenvalue weighted by atomic mass is 9.98. The average Bonchev–Trinajstić information content (AvgIpc) is 3.18. The maximum atomic E-state index is 12.3. The Labute approximate surface area is 173 Å². The van der Waals surface area contributed by atoms with Crippen molar-refractivity contribution in [2.75, 3.05) is 14.2 Å². The third kappa shape index (κ3) is 3.51. The van der Waals surface area contributed by atoms with Crippen LogP contribution < -0.4 is 9.47 Å². The maximum absolute atomic E-state index is 12.3. The van der Waals surface area contributed by atoms with Gasteiger partial charge in [0.05, 0.1) is 26.0 Å². The summed E-state index contributed by atoms with van der Waals surface area (Å²) < 4.78 is 10.7. The van der Waals surface area contributed by atoms with Gasteiger partial charge in [-0.1, -0.05) is 35.9 Å². The summed E-state index contributed by atoms with van der Waals surface area (Å²) in [6.45, 7) is 1.50. The summed E-state index contributed by atoms with van der Waals surface area (Å²) in [5.41, 5.74) is 3.14. The standard InChI is InChI=1S/C22H20ClN3O3/c1-13(27)26-19(12-18(25-26)14-6-4-8-16(10-14)28-2)17-11-15-7-5-9-20(29-3)21(15)24-22(17)23/h4-11,19H,12H2,1-3H3/t19-/m0/s1. The number of methoxy groups -OCH3 is 2. The monoisotopic (exact) mass is 409 g/mol. The van der Waals surface area contributed by atoms with Crippen LogP contribution >= 0.6 is 11.6 Å². The van der Waals surface area contributed by atoms with E-state index in [1.807, 2.05) is 48.5 Å². The maximum Gasteiger partial charge on any atom is 0.240 e. The average molecular weight is 410 g/mol. The van der Waals surface area contributed by atoms with Crippen molar-refractivity contribution in [1.29, 1.82) is 0 Å². The first-order valence-corrected chi connectivity index (χ1v) is 9.54. The Hall–Kier alpha value is -3.12. The first-order valence-electron chi connectivity index (χ1n) is 9.16. The minimum absolute atomic E-state index is 0.158. The van der Waals surface area contributed by atoms with E-state index in [-0.39, 0.29) is 11.9 Å². The van der Waals surface area contributed by atoms with Crippen molar-refractivity contribution in [1.82, 2.24) is 9.99 Å². The highest BCUT2D eigenvalue weighted by molar-refractivity contribution is 6.30. The summed E-state index contributed by atoms with van der Waals surface area (Å²) in [6, 6.07) is 14.9. The number of halogens is 1. The zero-order valence-electron chi connectivity index (χ0n) is 16.3. The molecule has 1 aromatic heterocycles. The molecule has 2 aromatic carbocycles. The summed E-state index contributed by atoms with van der Waals surface area (Å²) in [6.07, 6.45) is 0.531. The summed E-state index contributed by atoms with van der Waals surface area (Å²) in [5, 5.41) is 7.28. The lowest BCUT2D eigenvalue weighted by Gasteiger charge is -2.21. The van der Waals surface area contributed by atoms with Gasteiger partial charge in [-0.3, -0.25) is 4.79 Å². The van der Waals surface area contributed by atoms with E-state index in [9.17, 15) is 4.79 Å². The molecule has 0 unspecified atom stereocenters. The number of hydrazone groups is 1. The fraction of sp³-hybridized carbons (Fsp3) is 0.227. The molecule has 1 aliphatic rings. The number of hydrogen-bond acceptors (Lipinski definition) is 5. The molecule has 0 aliphatic carbocycles. The van der Waals surface area contributed by atoms with Crippen molar-refractivity contribution in [2.45, 2.75) is 19.4 Å². The lowest BCUT2D eigenvalue weighted by molar-refractivity contribution is -0.130. The lowest BCUT2D eigenvalue weighted by Crippen LogP contribution is -2.24. The number of carbonyl (C=O) groups is 1. The van der Waals surface area contributed by atoms with E-state index >= 15 is 0 Å². The second kappa shape index (κ2) is 7.72. The molecule has 4 rings (SSSR count).